The molecule has 0 bridgehead atoms. The largest absolute Gasteiger partial charge is 0.330 e. The first kappa shape index (κ1) is 14.2. The Morgan fingerprint density at radius 2 is 2.31 bits per heavy atom. The first-order valence-corrected chi connectivity index (χ1v) is 7.54. The van der Waals surface area contributed by atoms with Gasteiger partial charge in [0.25, 0.3) is 0 Å². The van der Waals surface area contributed by atoms with E-state index in [2.05, 4.69) is 39.6 Å². The lowest BCUT2D eigenvalue weighted by atomic mass is 10.0. The molecule has 1 rings (SSSR count). The van der Waals surface area contributed by atoms with Crippen LogP contribution in [0.25, 0.3) is 0 Å². The van der Waals surface area contributed by atoms with Gasteiger partial charge in [0.1, 0.15) is 0 Å². The third kappa shape index (κ3) is 5.43. The van der Waals surface area contributed by atoms with E-state index in [1.807, 2.05) is 0 Å². The van der Waals surface area contributed by atoms with Crippen LogP contribution in [0.2, 0.25) is 0 Å². The van der Waals surface area contributed by atoms with Gasteiger partial charge in [0.2, 0.25) is 0 Å². The number of hydrogen-bond donors (Lipinski definition) is 2. The van der Waals surface area contributed by atoms with E-state index in [0.29, 0.717) is 0 Å². The van der Waals surface area contributed by atoms with Crippen molar-refractivity contribution in [2.45, 2.75) is 32.7 Å². The van der Waals surface area contributed by atoms with Crippen LogP contribution in [0.1, 0.15) is 31.1 Å². The molecule has 0 aliphatic rings. The van der Waals surface area contributed by atoms with Crippen molar-refractivity contribution in [2.75, 3.05) is 13.1 Å². The normalized spacial score (nSPS) is 12.9. The zero-order valence-electron chi connectivity index (χ0n) is 9.84. The van der Waals surface area contributed by atoms with Crippen molar-refractivity contribution in [1.82, 2.24) is 5.32 Å². The van der Waals surface area contributed by atoms with Crippen molar-refractivity contribution in [2.24, 2.45) is 11.7 Å². The zero-order chi connectivity index (χ0) is 11.8. The molecule has 1 unspecified atom stereocenters. The summed E-state index contributed by atoms with van der Waals surface area (Å²) in [7, 11) is 0. The quantitative estimate of drug-likeness (QED) is 0.723. The summed E-state index contributed by atoms with van der Waals surface area (Å²) in [5.41, 5.74) is 5.52. The predicted octanol–water partition coefficient (Wildman–Crippen LogP) is 3.37. The molecule has 0 radical (unpaired) electrons. The van der Waals surface area contributed by atoms with E-state index in [9.17, 15) is 0 Å². The van der Waals surface area contributed by atoms with Crippen LogP contribution in [-0.4, -0.2) is 13.1 Å². The van der Waals surface area contributed by atoms with Crippen LogP contribution in [0.4, 0.5) is 0 Å². The second-order valence-corrected chi connectivity index (χ2v) is 6.05. The third-order valence-corrected chi connectivity index (χ3v) is 4.61. The fourth-order valence-electron chi connectivity index (χ4n) is 1.66. The molecule has 4 heteroatoms. The van der Waals surface area contributed by atoms with Crippen molar-refractivity contribution in [3.63, 3.8) is 0 Å². The first-order valence-electron chi connectivity index (χ1n) is 5.86. The Labute approximate surface area is 111 Å². The second kappa shape index (κ2) is 8.23. The Balaban J connectivity index is 2.02. The van der Waals surface area contributed by atoms with Crippen LogP contribution < -0.4 is 11.1 Å². The predicted molar refractivity (Wildman–Crippen MR) is 75.8 cm³/mol. The summed E-state index contributed by atoms with van der Waals surface area (Å²) in [6.07, 6.45) is 3.66. The second-order valence-electron chi connectivity index (χ2n) is 4.19. The molecular formula is C12H21BrN2S. The number of nitrogens with one attached hydrogen (secondary N) is 1. The molecule has 3 N–H and O–H groups in total. The molecule has 2 nitrogen and oxygen atoms in total. The molecule has 0 aliphatic heterocycles. The van der Waals surface area contributed by atoms with Gasteiger partial charge in [-0.2, -0.15) is 0 Å². The van der Waals surface area contributed by atoms with E-state index in [0.717, 1.165) is 32.0 Å². The Morgan fingerprint density at radius 3 is 2.94 bits per heavy atom. The molecule has 0 aromatic carbocycles. The van der Waals surface area contributed by atoms with Gasteiger partial charge in [0, 0.05) is 15.9 Å². The fourth-order valence-corrected chi connectivity index (χ4v) is 3.12. The molecule has 1 aromatic rings. The average Bonchev–Trinajstić information content (AvgIpc) is 2.64. The van der Waals surface area contributed by atoms with Crippen LogP contribution in [-0.2, 0) is 6.54 Å². The van der Waals surface area contributed by atoms with Gasteiger partial charge in [-0.3, -0.25) is 0 Å². The lowest BCUT2D eigenvalue weighted by molar-refractivity contribution is 0.469. The van der Waals surface area contributed by atoms with Gasteiger partial charge in [-0.05, 0) is 65.6 Å². The highest BCUT2D eigenvalue weighted by Crippen LogP contribution is 2.22. The first-order chi connectivity index (χ1) is 7.74. The Morgan fingerprint density at radius 1 is 1.50 bits per heavy atom. The molecule has 0 fully saturated rings. The topological polar surface area (TPSA) is 38.0 Å². The fraction of sp³-hybridized carbons (Fsp3) is 0.667. The van der Waals surface area contributed by atoms with Crippen LogP contribution in [0, 0.1) is 5.92 Å². The van der Waals surface area contributed by atoms with Gasteiger partial charge < -0.3 is 11.1 Å². The van der Waals surface area contributed by atoms with Gasteiger partial charge in [0.15, 0.2) is 0 Å². The maximum atomic E-state index is 5.52. The molecule has 1 aromatic heterocycles. The zero-order valence-corrected chi connectivity index (χ0v) is 12.2. The van der Waals surface area contributed by atoms with Crippen LogP contribution in [0.5, 0.6) is 0 Å². The lowest BCUT2D eigenvalue weighted by Crippen LogP contribution is -2.15. The molecule has 0 spiro atoms. The minimum Gasteiger partial charge on any atom is -0.330 e. The maximum absolute atomic E-state index is 5.52. The Hall–Kier alpha value is 0.100. The number of nitrogens with two attached hydrogens (primary N) is 1. The number of thiophene rings is 1. The molecule has 0 saturated heterocycles. The van der Waals surface area contributed by atoms with Crippen LogP contribution in [0.3, 0.4) is 0 Å². The Bertz CT molecular complexity index is 288. The Kier molecular flexibility index (Phi) is 7.28. The molecule has 0 amide bonds. The highest BCUT2D eigenvalue weighted by atomic mass is 79.9. The van der Waals surface area contributed by atoms with Gasteiger partial charge in [0.05, 0.1) is 0 Å². The number of hydrogen-bond acceptors (Lipinski definition) is 3. The van der Waals surface area contributed by atoms with Crippen molar-refractivity contribution < 1.29 is 0 Å². The van der Waals surface area contributed by atoms with E-state index in [-0.39, 0.29) is 0 Å². The van der Waals surface area contributed by atoms with E-state index in [4.69, 9.17) is 5.73 Å². The van der Waals surface area contributed by atoms with E-state index in [1.54, 1.807) is 11.3 Å². The molecule has 92 valence electrons. The van der Waals surface area contributed by atoms with Crippen LogP contribution >= 0.6 is 27.3 Å². The molecule has 1 atom stereocenters. The van der Waals surface area contributed by atoms with Crippen LogP contribution in [0.15, 0.2) is 15.9 Å². The molecule has 0 saturated carbocycles. The third-order valence-electron chi connectivity index (χ3n) is 2.69. The van der Waals surface area contributed by atoms with Crippen molar-refractivity contribution in [3.05, 3.63) is 20.8 Å². The highest BCUT2D eigenvalue weighted by Gasteiger charge is 2.02. The minimum atomic E-state index is 0.764. The standard InChI is InChI=1S/C12H21BrN2S/c1-10(4-6-14)3-2-7-15-9-12-11(13)5-8-16-12/h5,8,10,15H,2-4,6-7,9,14H2,1H3. The van der Waals surface area contributed by atoms with E-state index >= 15 is 0 Å². The molecule has 16 heavy (non-hydrogen) atoms. The molecule has 1 heterocycles. The lowest BCUT2D eigenvalue weighted by Gasteiger charge is -2.09. The summed E-state index contributed by atoms with van der Waals surface area (Å²) in [5.74, 6) is 0.764. The van der Waals surface area contributed by atoms with Crippen molar-refractivity contribution in [1.29, 1.82) is 0 Å². The summed E-state index contributed by atoms with van der Waals surface area (Å²) in [4.78, 5) is 1.38. The summed E-state index contributed by atoms with van der Waals surface area (Å²) in [6, 6.07) is 2.10. The van der Waals surface area contributed by atoms with Gasteiger partial charge in [-0.25, -0.2) is 0 Å². The summed E-state index contributed by atoms with van der Waals surface area (Å²) in [5, 5.41) is 5.59. The maximum Gasteiger partial charge on any atom is 0.0327 e. The van der Waals surface area contributed by atoms with Gasteiger partial charge in [-0.1, -0.05) is 6.92 Å². The number of rotatable bonds is 8. The summed E-state index contributed by atoms with van der Waals surface area (Å²) in [6.45, 7) is 5.17. The smallest absolute Gasteiger partial charge is 0.0327 e. The molecular weight excluding hydrogens is 284 g/mol. The average molecular weight is 305 g/mol. The molecule has 0 aliphatic carbocycles. The van der Waals surface area contributed by atoms with Crippen molar-refractivity contribution in [3.8, 4) is 0 Å². The minimum absolute atomic E-state index is 0.764. The summed E-state index contributed by atoms with van der Waals surface area (Å²) < 4.78 is 1.22. The highest BCUT2D eigenvalue weighted by molar-refractivity contribution is 9.10. The monoisotopic (exact) mass is 304 g/mol. The van der Waals surface area contributed by atoms with E-state index in [1.165, 1.54) is 22.2 Å². The van der Waals surface area contributed by atoms with E-state index < -0.39 is 0 Å². The van der Waals surface area contributed by atoms with Gasteiger partial charge >= 0.3 is 0 Å². The van der Waals surface area contributed by atoms with Crippen molar-refractivity contribution >= 4 is 27.3 Å². The number of halogens is 1. The summed E-state index contributed by atoms with van der Waals surface area (Å²) >= 11 is 5.33. The SMILES string of the molecule is CC(CCN)CCCNCc1sccc1Br. The van der Waals surface area contributed by atoms with Gasteiger partial charge in [-0.15, -0.1) is 11.3 Å².